The highest BCUT2D eigenvalue weighted by Gasteiger charge is 2.62. The van der Waals surface area contributed by atoms with Gasteiger partial charge in [0, 0.05) is 30.8 Å². The first-order valence-corrected chi connectivity index (χ1v) is 10.7. The number of barbiturate groups is 1. The van der Waals surface area contributed by atoms with E-state index < -0.39 is 34.2 Å². The molecule has 0 bridgehead atoms. The quantitative estimate of drug-likeness (QED) is 0.433. The summed E-state index contributed by atoms with van der Waals surface area (Å²) in [4.78, 5) is 54.1. The molecule has 3 heterocycles. The SMILES string of the molecule is COc1ccc(N2C(=O)NC(=O)[C@]3(Cc4cc([N+](=O)[O-])ccc4N4CCCC[C@@H]43)C2=O)cc1. The summed E-state index contributed by atoms with van der Waals surface area (Å²) in [6, 6.07) is 9.72. The highest BCUT2D eigenvalue weighted by atomic mass is 16.6. The van der Waals surface area contributed by atoms with Crippen LogP contribution in [0, 0.1) is 15.5 Å². The van der Waals surface area contributed by atoms with Crippen LogP contribution in [0.25, 0.3) is 0 Å². The van der Waals surface area contributed by atoms with Crippen LogP contribution in [-0.2, 0) is 16.0 Å². The van der Waals surface area contributed by atoms with Crippen molar-refractivity contribution in [1.82, 2.24) is 5.32 Å². The predicted molar refractivity (Wildman–Crippen MR) is 118 cm³/mol. The topological polar surface area (TPSA) is 122 Å². The van der Waals surface area contributed by atoms with Crippen LogP contribution in [0.15, 0.2) is 42.5 Å². The molecule has 170 valence electrons. The number of non-ortho nitro benzene ring substituents is 1. The van der Waals surface area contributed by atoms with Gasteiger partial charge in [0.05, 0.1) is 23.8 Å². The molecule has 10 heteroatoms. The van der Waals surface area contributed by atoms with Crippen molar-refractivity contribution in [2.24, 2.45) is 5.41 Å². The van der Waals surface area contributed by atoms with Gasteiger partial charge in [-0.05, 0) is 55.2 Å². The number of piperidine rings is 1. The lowest BCUT2D eigenvalue weighted by atomic mass is 9.66. The Morgan fingerprint density at radius 3 is 2.58 bits per heavy atom. The highest BCUT2D eigenvalue weighted by Crippen LogP contribution is 2.48. The van der Waals surface area contributed by atoms with Crippen LogP contribution >= 0.6 is 0 Å². The van der Waals surface area contributed by atoms with Gasteiger partial charge in [0.2, 0.25) is 5.91 Å². The maximum Gasteiger partial charge on any atom is 0.335 e. The number of carbonyl (C=O) groups is 3. The first-order chi connectivity index (χ1) is 15.9. The molecule has 1 spiro atoms. The first kappa shape index (κ1) is 20.9. The predicted octanol–water partition coefficient (Wildman–Crippen LogP) is 2.79. The minimum absolute atomic E-state index is 0.0181. The van der Waals surface area contributed by atoms with Crippen molar-refractivity contribution in [3.8, 4) is 5.75 Å². The smallest absolute Gasteiger partial charge is 0.335 e. The number of benzene rings is 2. The maximum atomic E-state index is 14.0. The van der Waals surface area contributed by atoms with E-state index in [-0.39, 0.29) is 12.1 Å². The van der Waals surface area contributed by atoms with Crippen LogP contribution in [0.5, 0.6) is 5.75 Å². The zero-order valence-electron chi connectivity index (χ0n) is 17.9. The van der Waals surface area contributed by atoms with Crippen LogP contribution in [0.3, 0.4) is 0 Å². The zero-order valence-corrected chi connectivity index (χ0v) is 17.9. The van der Waals surface area contributed by atoms with Crippen molar-refractivity contribution in [3.05, 3.63) is 58.1 Å². The van der Waals surface area contributed by atoms with E-state index in [1.165, 1.54) is 19.2 Å². The Morgan fingerprint density at radius 2 is 1.88 bits per heavy atom. The number of methoxy groups -OCH3 is 1. The van der Waals surface area contributed by atoms with Gasteiger partial charge < -0.3 is 9.64 Å². The second kappa shape index (κ2) is 7.58. The lowest BCUT2D eigenvalue weighted by Crippen LogP contribution is -2.72. The molecular formula is C23H22N4O6. The van der Waals surface area contributed by atoms with Crippen LogP contribution in [-0.4, -0.2) is 42.5 Å². The molecule has 2 atom stereocenters. The fourth-order valence-corrected chi connectivity index (χ4v) is 5.33. The Hall–Kier alpha value is -3.95. The largest absolute Gasteiger partial charge is 0.497 e. The molecule has 4 amide bonds. The number of ether oxygens (including phenoxy) is 1. The van der Waals surface area contributed by atoms with Crippen molar-refractivity contribution in [3.63, 3.8) is 0 Å². The molecule has 10 nitrogen and oxygen atoms in total. The number of nitro groups is 1. The van der Waals surface area contributed by atoms with Crippen molar-refractivity contribution in [2.75, 3.05) is 23.5 Å². The van der Waals surface area contributed by atoms with Crippen LogP contribution in [0.1, 0.15) is 24.8 Å². The van der Waals surface area contributed by atoms with Crippen LogP contribution in [0.2, 0.25) is 0 Å². The fraction of sp³-hybridized carbons (Fsp3) is 0.348. The van der Waals surface area contributed by atoms with E-state index in [2.05, 4.69) is 5.32 Å². The summed E-state index contributed by atoms with van der Waals surface area (Å²) in [6.07, 6.45) is 2.29. The molecule has 3 aliphatic rings. The van der Waals surface area contributed by atoms with Gasteiger partial charge in [-0.3, -0.25) is 25.0 Å². The molecule has 0 aliphatic carbocycles. The summed E-state index contributed by atoms with van der Waals surface area (Å²) in [6.45, 7) is 0.619. The summed E-state index contributed by atoms with van der Waals surface area (Å²) < 4.78 is 5.16. The average molecular weight is 450 g/mol. The molecule has 2 saturated heterocycles. The van der Waals surface area contributed by atoms with Gasteiger partial charge >= 0.3 is 6.03 Å². The van der Waals surface area contributed by atoms with Crippen LogP contribution < -0.4 is 19.9 Å². The molecule has 3 aliphatic heterocycles. The van der Waals surface area contributed by atoms with Gasteiger partial charge in [0.25, 0.3) is 11.6 Å². The summed E-state index contributed by atoms with van der Waals surface area (Å²) in [5.41, 5.74) is -0.0148. The highest BCUT2D eigenvalue weighted by molar-refractivity contribution is 6.30. The molecule has 0 saturated carbocycles. The number of rotatable bonds is 3. The van der Waals surface area contributed by atoms with E-state index in [9.17, 15) is 24.5 Å². The first-order valence-electron chi connectivity index (χ1n) is 10.7. The number of imide groups is 2. The number of hydrogen-bond donors (Lipinski definition) is 1. The monoisotopic (exact) mass is 450 g/mol. The van der Waals surface area contributed by atoms with Gasteiger partial charge in [-0.25, -0.2) is 9.69 Å². The van der Waals surface area contributed by atoms with Gasteiger partial charge in [-0.1, -0.05) is 0 Å². The average Bonchev–Trinajstić information content (AvgIpc) is 2.82. The molecule has 2 fully saturated rings. The number of hydrogen-bond acceptors (Lipinski definition) is 7. The Balaban J connectivity index is 1.64. The molecule has 5 rings (SSSR count). The van der Waals surface area contributed by atoms with E-state index in [1.54, 1.807) is 30.3 Å². The van der Waals surface area contributed by atoms with E-state index in [4.69, 9.17) is 4.74 Å². The van der Waals surface area contributed by atoms with Gasteiger partial charge in [0.1, 0.15) is 5.75 Å². The van der Waals surface area contributed by atoms with Crippen molar-refractivity contribution in [2.45, 2.75) is 31.7 Å². The van der Waals surface area contributed by atoms with E-state index in [1.807, 2.05) is 4.90 Å². The Morgan fingerprint density at radius 1 is 1.12 bits per heavy atom. The number of anilines is 2. The molecule has 0 radical (unpaired) electrons. The van der Waals surface area contributed by atoms with Gasteiger partial charge in [0.15, 0.2) is 5.41 Å². The van der Waals surface area contributed by atoms with Crippen molar-refractivity contribution >= 4 is 34.9 Å². The summed E-state index contributed by atoms with van der Waals surface area (Å²) >= 11 is 0. The van der Waals surface area contributed by atoms with Crippen molar-refractivity contribution in [1.29, 1.82) is 0 Å². The lowest BCUT2D eigenvalue weighted by molar-refractivity contribution is -0.384. The molecule has 2 aromatic rings. The minimum Gasteiger partial charge on any atom is -0.497 e. The molecule has 0 unspecified atom stereocenters. The second-order valence-corrected chi connectivity index (χ2v) is 8.52. The van der Waals surface area contributed by atoms with E-state index in [0.29, 0.717) is 30.0 Å². The number of urea groups is 1. The number of carbonyl (C=O) groups excluding carboxylic acids is 3. The number of fused-ring (bicyclic) bond motifs is 4. The van der Waals surface area contributed by atoms with Crippen LogP contribution in [0.4, 0.5) is 21.9 Å². The normalized spacial score (nSPS) is 24.3. The van der Waals surface area contributed by atoms with Gasteiger partial charge in [-0.15, -0.1) is 0 Å². The Bertz CT molecular complexity index is 1180. The minimum atomic E-state index is -1.57. The maximum absolute atomic E-state index is 14.0. The third kappa shape index (κ3) is 3.05. The number of nitrogens with one attached hydrogen (secondary N) is 1. The second-order valence-electron chi connectivity index (χ2n) is 8.52. The zero-order chi connectivity index (χ0) is 23.3. The Kier molecular flexibility index (Phi) is 4.80. The standard InChI is InChI=1S/C23H22N4O6/c1-33-17-8-5-15(6-9-17)26-21(29)23(20(28)24-22(26)30)13-14-12-16(27(31)32)7-10-18(14)25-11-3-2-4-19(23)25/h5-10,12,19H,2-4,11,13H2,1H3,(H,24,28,30)/t19-,23-/m1/s1. The molecule has 33 heavy (non-hydrogen) atoms. The van der Waals surface area contributed by atoms with Gasteiger partial charge in [-0.2, -0.15) is 0 Å². The van der Waals surface area contributed by atoms with E-state index in [0.717, 1.165) is 23.4 Å². The molecule has 1 N–H and O–H groups in total. The summed E-state index contributed by atoms with van der Waals surface area (Å²) in [5, 5.41) is 13.8. The number of nitrogens with zero attached hydrogens (tertiary/aromatic N) is 3. The number of nitro benzene ring substituents is 1. The Labute approximate surface area is 189 Å². The lowest BCUT2D eigenvalue weighted by Gasteiger charge is -2.53. The summed E-state index contributed by atoms with van der Waals surface area (Å²) in [7, 11) is 1.51. The van der Waals surface area contributed by atoms with E-state index >= 15 is 0 Å². The number of amides is 4. The molecule has 0 aromatic heterocycles. The third-order valence-electron chi connectivity index (χ3n) is 6.87. The molecule has 2 aromatic carbocycles. The fourth-order valence-electron chi connectivity index (χ4n) is 5.33. The molecular weight excluding hydrogens is 428 g/mol. The third-order valence-corrected chi connectivity index (χ3v) is 6.87. The summed E-state index contributed by atoms with van der Waals surface area (Å²) in [5.74, 6) is -0.710. The van der Waals surface area contributed by atoms with Crippen molar-refractivity contribution < 1.29 is 24.0 Å².